The van der Waals surface area contributed by atoms with Gasteiger partial charge in [-0.05, 0) is 30.5 Å². The third kappa shape index (κ3) is 8.04. The maximum Gasteiger partial charge on any atom is 0.422 e. The number of halogens is 4. The minimum absolute atomic E-state index is 0. The quantitative estimate of drug-likeness (QED) is 0.390. The Balaban J connectivity index is 0.00000288. The van der Waals surface area contributed by atoms with Crippen molar-refractivity contribution in [2.75, 3.05) is 19.8 Å². The summed E-state index contributed by atoms with van der Waals surface area (Å²) in [5, 5.41) is 2.98. The van der Waals surface area contributed by atoms with Crippen LogP contribution < -0.4 is 15.8 Å². The van der Waals surface area contributed by atoms with Gasteiger partial charge in [-0.2, -0.15) is 13.2 Å². The highest BCUT2D eigenvalue weighted by atomic mass is 127. The highest BCUT2D eigenvalue weighted by Crippen LogP contribution is 2.19. The van der Waals surface area contributed by atoms with Gasteiger partial charge in [-0.1, -0.05) is 12.1 Å². The zero-order valence-electron chi connectivity index (χ0n) is 13.0. The lowest BCUT2D eigenvalue weighted by molar-refractivity contribution is -0.153. The van der Waals surface area contributed by atoms with Crippen LogP contribution in [-0.2, 0) is 11.3 Å². The van der Waals surface area contributed by atoms with E-state index in [9.17, 15) is 13.2 Å². The van der Waals surface area contributed by atoms with Crippen LogP contribution in [-0.4, -0.2) is 38.0 Å². The number of nitrogens with one attached hydrogen (secondary N) is 1. The normalized spacial score (nSPS) is 18.1. The molecule has 1 atom stereocenters. The highest BCUT2D eigenvalue weighted by Gasteiger charge is 2.28. The van der Waals surface area contributed by atoms with Crippen molar-refractivity contribution < 1.29 is 22.6 Å². The second-order valence-electron chi connectivity index (χ2n) is 5.27. The lowest BCUT2D eigenvalue weighted by atomic mass is 10.2. The second kappa shape index (κ2) is 9.92. The van der Waals surface area contributed by atoms with Gasteiger partial charge >= 0.3 is 6.18 Å². The fourth-order valence-corrected chi connectivity index (χ4v) is 2.15. The van der Waals surface area contributed by atoms with Crippen molar-refractivity contribution >= 4 is 29.9 Å². The van der Waals surface area contributed by atoms with Crippen LogP contribution in [0.5, 0.6) is 5.75 Å². The summed E-state index contributed by atoms with van der Waals surface area (Å²) >= 11 is 0. The van der Waals surface area contributed by atoms with Crippen LogP contribution in [0.15, 0.2) is 29.3 Å². The van der Waals surface area contributed by atoms with Gasteiger partial charge in [-0.25, -0.2) is 4.99 Å². The maximum absolute atomic E-state index is 12.1. The van der Waals surface area contributed by atoms with Crippen LogP contribution in [0.3, 0.4) is 0 Å². The molecule has 136 valence electrons. The molecule has 0 bridgehead atoms. The third-order valence-corrected chi connectivity index (χ3v) is 3.27. The van der Waals surface area contributed by atoms with Crippen LogP contribution in [0, 0.1) is 0 Å². The largest absolute Gasteiger partial charge is 0.484 e. The van der Waals surface area contributed by atoms with Gasteiger partial charge < -0.3 is 20.5 Å². The zero-order chi connectivity index (χ0) is 16.7. The Hall–Kier alpha value is -1.23. The molecule has 0 aromatic heterocycles. The van der Waals surface area contributed by atoms with Crippen molar-refractivity contribution in [2.24, 2.45) is 10.7 Å². The molecule has 1 aromatic rings. The van der Waals surface area contributed by atoms with E-state index in [2.05, 4.69) is 10.3 Å². The van der Waals surface area contributed by atoms with Crippen LogP contribution in [0.4, 0.5) is 13.2 Å². The van der Waals surface area contributed by atoms with Gasteiger partial charge in [0.05, 0.1) is 12.6 Å². The summed E-state index contributed by atoms with van der Waals surface area (Å²) in [6.07, 6.45) is -2.15. The van der Waals surface area contributed by atoms with Crippen LogP contribution in [0.25, 0.3) is 0 Å². The summed E-state index contributed by atoms with van der Waals surface area (Å²) in [6, 6.07) is 6.35. The highest BCUT2D eigenvalue weighted by molar-refractivity contribution is 14.0. The zero-order valence-corrected chi connectivity index (χ0v) is 15.3. The predicted molar refractivity (Wildman–Crippen MR) is 95.7 cm³/mol. The first-order valence-corrected chi connectivity index (χ1v) is 7.36. The number of hydrogen-bond donors (Lipinski definition) is 2. The number of aliphatic imine (C=N–C) groups is 1. The summed E-state index contributed by atoms with van der Waals surface area (Å²) in [6.45, 7) is 0.316. The van der Waals surface area contributed by atoms with E-state index in [0.717, 1.165) is 19.4 Å². The second-order valence-corrected chi connectivity index (χ2v) is 5.27. The smallest absolute Gasteiger partial charge is 0.422 e. The summed E-state index contributed by atoms with van der Waals surface area (Å²) in [7, 11) is 0. The summed E-state index contributed by atoms with van der Waals surface area (Å²) < 4.78 is 46.5. The summed E-state index contributed by atoms with van der Waals surface area (Å²) in [5.41, 5.74) is 6.47. The van der Waals surface area contributed by atoms with E-state index in [0.29, 0.717) is 12.1 Å². The molecule has 24 heavy (non-hydrogen) atoms. The average Bonchev–Trinajstić information content (AvgIpc) is 3.02. The molecule has 3 N–H and O–H groups in total. The molecule has 0 radical (unpaired) electrons. The number of ether oxygens (including phenoxy) is 2. The van der Waals surface area contributed by atoms with E-state index in [4.69, 9.17) is 15.2 Å². The molecule has 0 amide bonds. The first kappa shape index (κ1) is 20.8. The molecule has 1 fully saturated rings. The fraction of sp³-hybridized carbons (Fsp3) is 0.533. The summed E-state index contributed by atoms with van der Waals surface area (Å²) in [5.74, 6) is 0.433. The van der Waals surface area contributed by atoms with Gasteiger partial charge in [0.1, 0.15) is 5.75 Å². The van der Waals surface area contributed by atoms with Gasteiger partial charge in [0.2, 0.25) is 0 Å². The molecule has 1 aliphatic heterocycles. The Morgan fingerprint density at radius 1 is 1.42 bits per heavy atom. The van der Waals surface area contributed by atoms with Gasteiger partial charge in [-0.3, -0.25) is 0 Å². The number of nitrogens with two attached hydrogens (primary N) is 1. The van der Waals surface area contributed by atoms with Crippen molar-refractivity contribution in [1.29, 1.82) is 0 Å². The van der Waals surface area contributed by atoms with E-state index in [-0.39, 0.29) is 48.3 Å². The van der Waals surface area contributed by atoms with Crippen LogP contribution >= 0.6 is 24.0 Å². The lowest BCUT2D eigenvalue weighted by Crippen LogP contribution is -2.37. The molecule has 5 nitrogen and oxygen atoms in total. The van der Waals surface area contributed by atoms with Crippen molar-refractivity contribution in [3.05, 3.63) is 29.8 Å². The molecule has 9 heteroatoms. The third-order valence-electron chi connectivity index (χ3n) is 3.27. The number of benzene rings is 1. The van der Waals surface area contributed by atoms with Crippen molar-refractivity contribution in [3.8, 4) is 5.75 Å². The lowest BCUT2D eigenvalue weighted by Gasteiger charge is -2.11. The molecule has 0 spiro atoms. The molecule has 1 unspecified atom stereocenters. The number of nitrogens with zero attached hydrogens (tertiary/aromatic N) is 1. The molecule has 1 heterocycles. The fourth-order valence-electron chi connectivity index (χ4n) is 2.15. The van der Waals surface area contributed by atoms with Crippen LogP contribution in [0.2, 0.25) is 0 Å². The Labute approximate surface area is 155 Å². The van der Waals surface area contributed by atoms with E-state index in [1.165, 1.54) is 12.1 Å². The average molecular weight is 459 g/mol. The number of rotatable bonds is 6. The van der Waals surface area contributed by atoms with E-state index < -0.39 is 12.8 Å². The number of guanidine groups is 1. The molecule has 1 aliphatic rings. The topological polar surface area (TPSA) is 68.9 Å². The van der Waals surface area contributed by atoms with Crippen LogP contribution in [0.1, 0.15) is 18.4 Å². The van der Waals surface area contributed by atoms with Crippen molar-refractivity contribution in [2.45, 2.75) is 31.7 Å². The molecule has 2 rings (SSSR count). The van der Waals surface area contributed by atoms with Gasteiger partial charge in [0.15, 0.2) is 12.6 Å². The van der Waals surface area contributed by atoms with E-state index in [1.807, 2.05) is 0 Å². The van der Waals surface area contributed by atoms with Gasteiger partial charge in [0.25, 0.3) is 0 Å². The van der Waals surface area contributed by atoms with Gasteiger partial charge in [-0.15, -0.1) is 24.0 Å². The Kier molecular flexibility index (Phi) is 8.60. The standard InChI is InChI=1S/C15H20F3N3O2.HI/c16-15(17,18)10-23-12-4-1-3-11(7-12)8-20-14(19)21-9-13-5-2-6-22-13;/h1,3-4,7,13H,2,5-6,8-10H2,(H3,19,20,21);1H. The molecule has 1 aromatic carbocycles. The van der Waals surface area contributed by atoms with E-state index >= 15 is 0 Å². The summed E-state index contributed by atoms with van der Waals surface area (Å²) in [4.78, 5) is 4.16. The first-order valence-electron chi connectivity index (χ1n) is 7.36. The Bertz CT molecular complexity index is 535. The Morgan fingerprint density at radius 2 is 2.21 bits per heavy atom. The maximum atomic E-state index is 12.1. The molecule has 0 saturated carbocycles. The number of hydrogen-bond acceptors (Lipinski definition) is 3. The monoisotopic (exact) mass is 459 g/mol. The molecule has 1 saturated heterocycles. The first-order chi connectivity index (χ1) is 10.9. The van der Waals surface area contributed by atoms with Crippen molar-refractivity contribution in [3.63, 3.8) is 0 Å². The van der Waals surface area contributed by atoms with E-state index in [1.54, 1.807) is 12.1 Å². The Morgan fingerprint density at radius 3 is 2.88 bits per heavy atom. The molecule has 0 aliphatic carbocycles. The SMILES string of the molecule is I.NC(=NCc1cccc(OCC(F)(F)F)c1)NCC1CCCO1. The minimum Gasteiger partial charge on any atom is -0.484 e. The molecular weight excluding hydrogens is 438 g/mol. The van der Waals surface area contributed by atoms with Crippen molar-refractivity contribution in [1.82, 2.24) is 5.32 Å². The number of alkyl halides is 3. The minimum atomic E-state index is -4.36. The predicted octanol–water partition coefficient (Wildman–Crippen LogP) is 2.83. The molecular formula is C15H21F3IN3O2. The van der Waals surface area contributed by atoms with Gasteiger partial charge in [0, 0.05) is 13.2 Å².